The van der Waals surface area contributed by atoms with Gasteiger partial charge in [-0.2, -0.15) is 0 Å². The molecule has 0 bridgehead atoms. The van der Waals surface area contributed by atoms with E-state index in [0.29, 0.717) is 0 Å². The Bertz CT molecular complexity index is 251. The Kier molecular flexibility index (Phi) is 6.73. The molecule has 0 aromatic heterocycles. The van der Waals surface area contributed by atoms with Crippen LogP contribution < -0.4 is 0 Å². The van der Waals surface area contributed by atoms with E-state index >= 15 is 0 Å². The second-order valence-corrected chi connectivity index (χ2v) is 3.04. The molecule has 1 rings (SSSR count). The number of hydrogen-bond acceptors (Lipinski definition) is 1. The lowest BCUT2D eigenvalue weighted by molar-refractivity contribution is 0.0927. The van der Waals surface area contributed by atoms with E-state index in [9.17, 15) is 4.79 Å². The first-order valence-electron chi connectivity index (χ1n) is 5.35. The molecule has 1 unspecified atom stereocenters. The Balaban J connectivity index is 0.000000791. The lowest BCUT2D eigenvalue weighted by Crippen LogP contribution is -2.09. The summed E-state index contributed by atoms with van der Waals surface area (Å²) in [5.74, 6) is 0.394. The van der Waals surface area contributed by atoms with Crippen molar-refractivity contribution in [1.29, 1.82) is 0 Å². The normalized spacial score (nSPS) is 11.1. The van der Waals surface area contributed by atoms with Gasteiger partial charge in [-0.05, 0) is 6.42 Å². The Morgan fingerprint density at radius 1 is 1.21 bits per heavy atom. The zero-order valence-corrected chi connectivity index (χ0v) is 9.58. The van der Waals surface area contributed by atoms with Crippen LogP contribution in [0.25, 0.3) is 0 Å². The summed E-state index contributed by atoms with van der Waals surface area (Å²) < 4.78 is 0. The van der Waals surface area contributed by atoms with E-state index in [2.05, 4.69) is 0 Å². The van der Waals surface area contributed by atoms with Crippen molar-refractivity contribution in [2.75, 3.05) is 0 Å². The highest BCUT2D eigenvalue weighted by molar-refractivity contribution is 5.97. The fourth-order valence-corrected chi connectivity index (χ4v) is 1.07. The SMILES string of the molecule is CC.CCC(C)C(=O)c1ccccc1. The zero-order valence-electron chi connectivity index (χ0n) is 9.58. The smallest absolute Gasteiger partial charge is 0.165 e. The van der Waals surface area contributed by atoms with Crippen LogP contribution in [0.1, 0.15) is 44.5 Å². The van der Waals surface area contributed by atoms with Crippen molar-refractivity contribution in [2.24, 2.45) is 5.92 Å². The van der Waals surface area contributed by atoms with Gasteiger partial charge in [0.1, 0.15) is 0 Å². The lowest BCUT2D eigenvalue weighted by Gasteiger charge is -2.06. The zero-order chi connectivity index (χ0) is 11.0. The molecule has 1 aromatic rings. The van der Waals surface area contributed by atoms with Crippen molar-refractivity contribution in [3.05, 3.63) is 35.9 Å². The molecule has 0 spiro atoms. The van der Waals surface area contributed by atoms with Gasteiger partial charge in [-0.3, -0.25) is 4.79 Å². The van der Waals surface area contributed by atoms with Crippen molar-refractivity contribution < 1.29 is 4.79 Å². The second-order valence-electron chi connectivity index (χ2n) is 3.04. The first-order chi connectivity index (χ1) is 6.75. The van der Waals surface area contributed by atoms with Crippen LogP contribution in [0.15, 0.2) is 30.3 Å². The predicted molar refractivity (Wildman–Crippen MR) is 61.6 cm³/mol. The Morgan fingerprint density at radius 2 is 1.71 bits per heavy atom. The summed E-state index contributed by atoms with van der Waals surface area (Å²) in [6, 6.07) is 9.46. The highest BCUT2D eigenvalue weighted by Crippen LogP contribution is 2.10. The van der Waals surface area contributed by atoms with Crippen LogP contribution in [-0.4, -0.2) is 5.78 Å². The van der Waals surface area contributed by atoms with E-state index in [1.54, 1.807) is 0 Å². The van der Waals surface area contributed by atoms with Crippen LogP contribution in [-0.2, 0) is 0 Å². The quantitative estimate of drug-likeness (QED) is 0.663. The minimum Gasteiger partial charge on any atom is -0.294 e. The van der Waals surface area contributed by atoms with Crippen molar-refractivity contribution >= 4 is 5.78 Å². The molecule has 0 fully saturated rings. The van der Waals surface area contributed by atoms with Crippen molar-refractivity contribution in [3.63, 3.8) is 0 Å². The van der Waals surface area contributed by atoms with Crippen LogP contribution >= 0.6 is 0 Å². The van der Waals surface area contributed by atoms with Crippen LogP contribution in [0.5, 0.6) is 0 Å². The molecular formula is C13H20O. The maximum atomic E-state index is 11.6. The third-order valence-electron chi connectivity index (χ3n) is 2.12. The molecule has 1 atom stereocenters. The first-order valence-corrected chi connectivity index (χ1v) is 5.35. The van der Waals surface area contributed by atoms with Gasteiger partial charge in [0.05, 0.1) is 0 Å². The summed E-state index contributed by atoms with van der Waals surface area (Å²) in [7, 11) is 0. The van der Waals surface area contributed by atoms with Crippen molar-refractivity contribution in [3.8, 4) is 0 Å². The van der Waals surface area contributed by atoms with E-state index in [0.717, 1.165) is 12.0 Å². The molecule has 1 aromatic carbocycles. The van der Waals surface area contributed by atoms with E-state index in [1.807, 2.05) is 58.0 Å². The highest BCUT2D eigenvalue weighted by atomic mass is 16.1. The fraction of sp³-hybridized carbons (Fsp3) is 0.462. The maximum absolute atomic E-state index is 11.6. The molecule has 0 saturated carbocycles. The second kappa shape index (κ2) is 7.31. The number of hydrogen-bond donors (Lipinski definition) is 0. The van der Waals surface area contributed by atoms with Gasteiger partial charge in [0.15, 0.2) is 5.78 Å². The first kappa shape index (κ1) is 12.9. The standard InChI is InChI=1S/C11H14O.C2H6/c1-3-9(2)11(12)10-7-5-4-6-8-10;1-2/h4-9H,3H2,1-2H3;1-2H3. The minimum atomic E-state index is 0.146. The fourth-order valence-electron chi connectivity index (χ4n) is 1.07. The van der Waals surface area contributed by atoms with Gasteiger partial charge in [-0.25, -0.2) is 0 Å². The van der Waals surface area contributed by atoms with E-state index < -0.39 is 0 Å². The van der Waals surface area contributed by atoms with Crippen LogP contribution in [0.3, 0.4) is 0 Å². The molecule has 0 radical (unpaired) electrons. The molecule has 78 valence electrons. The van der Waals surface area contributed by atoms with Gasteiger partial charge in [0.2, 0.25) is 0 Å². The average molecular weight is 192 g/mol. The summed E-state index contributed by atoms with van der Waals surface area (Å²) in [6.07, 6.45) is 0.910. The number of benzene rings is 1. The van der Waals surface area contributed by atoms with Crippen LogP contribution in [0.4, 0.5) is 0 Å². The van der Waals surface area contributed by atoms with Gasteiger partial charge in [0, 0.05) is 11.5 Å². The van der Waals surface area contributed by atoms with Gasteiger partial charge in [-0.1, -0.05) is 58.0 Å². The van der Waals surface area contributed by atoms with E-state index in [1.165, 1.54) is 0 Å². The van der Waals surface area contributed by atoms with Gasteiger partial charge < -0.3 is 0 Å². The number of carbonyl (C=O) groups is 1. The third-order valence-corrected chi connectivity index (χ3v) is 2.12. The molecule has 14 heavy (non-hydrogen) atoms. The minimum absolute atomic E-state index is 0.146. The summed E-state index contributed by atoms with van der Waals surface area (Å²) in [5.41, 5.74) is 0.826. The van der Waals surface area contributed by atoms with Gasteiger partial charge in [0.25, 0.3) is 0 Å². The molecule has 1 nitrogen and oxygen atoms in total. The molecular weight excluding hydrogens is 172 g/mol. The molecule has 1 heteroatoms. The number of carbonyl (C=O) groups excluding carboxylic acids is 1. The third kappa shape index (κ3) is 3.73. The molecule has 0 N–H and O–H groups in total. The topological polar surface area (TPSA) is 17.1 Å². The predicted octanol–water partition coefficient (Wildman–Crippen LogP) is 3.94. The van der Waals surface area contributed by atoms with E-state index in [-0.39, 0.29) is 11.7 Å². The highest BCUT2D eigenvalue weighted by Gasteiger charge is 2.11. The maximum Gasteiger partial charge on any atom is 0.165 e. The average Bonchev–Trinajstić information content (AvgIpc) is 2.31. The molecule has 0 aliphatic carbocycles. The van der Waals surface area contributed by atoms with Crippen LogP contribution in [0, 0.1) is 5.92 Å². The molecule has 0 aliphatic rings. The monoisotopic (exact) mass is 192 g/mol. The largest absolute Gasteiger partial charge is 0.294 e. The molecule has 0 heterocycles. The Morgan fingerprint density at radius 3 is 2.14 bits per heavy atom. The number of Topliss-reactive ketones (excluding diaryl/α,β-unsaturated/α-hetero) is 1. The summed E-state index contributed by atoms with van der Waals surface area (Å²) in [6.45, 7) is 8.00. The van der Waals surface area contributed by atoms with Crippen molar-refractivity contribution in [1.82, 2.24) is 0 Å². The van der Waals surface area contributed by atoms with E-state index in [4.69, 9.17) is 0 Å². The number of rotatable bonds is 3. The number of ketones is 1. The molecule has 0 saturated heterocycles. The van der Waals surface area contributed by atoms with Crippen molar-refractivity contribution in [2.45, 2.75) is 34.1 Å². The molecule has 0 amide bonds. The summed E-state index contributed by atoms with van der Waals surface area (Å²) in [4.78, 5) is 11.6. The lowest BCUT2D eigenvalue weighted by atomic mass is 9.97. The van der Waals surface area contributed by atoms with Crippen LogP contribution in [0.2, 0.25) is 0 Å². The Hall–Kier alpha value is -1.11. The summed E-state index contributed by atoms with van der Waals surface area (Å²) >= 11 is 0. The summed E-state index contributed by atoms with van der Waals surface area (Å²) in [5, 5.41) is 0. The van der Waals surface area contributed by atoms with Gasteiger partial charge in [-0.15, -0.1) is 0 Å². The Labute approximate surface area is 87.2 Å². The van der Waals surface area contributed by atoms with Gasteiger partial charge >= 0.3 is 0 Å². The molecule has 0 aliphatic heterocycles.